The van der Waals surface area contributed by atoms with Gasteiger partial charge in [-0.2, -0.15) is 17.2 Å². The first kappa shape index (κ1) is 35.3. The van der Waals surface area contributed by atoms with Crippen LogP contribution in [0.1, 0.15) is 40.4 Å². The van der Waals surface area contributed by atoms with Crippen LogP contribution in [-0.2, 0) is 21.3 Å². The Morgan fingerprint density at radius 2 is 1.70 bits per heavy atom. The highest BCUT2D eigenvalue weighted by Crippen LogP contribution is 2.38. The summed E-state index contributed by atoms with van der Waals surface area (Å²) >= 11 is 12.8. The topological polar surface area (TPSA) is 136 Å². The lowest BCUT2D eigenvalue weighted by Gasteiger charge is -2.21. The van der Waals surface area contributed by atoms with Gasteiger partial charge >= 0.3 is 22.7 Å². The molecule has 1 aliphatic rings. The van der Waals surface area contributed by atoms with Crippen molar-refractivity contribution >= 4 is 39.3 Å². The zero-order valence-corrected chi connectivity index (χ0v) is 26.2. The third-order valence-electron chi connectivity index (χ3n) is 6.46. The van der Waals surface area contributed by atoms with Gasteiger partial charge in [0, 0.05) is 18.5 Å². The molecule has 0 radical (unpaired) electrons. The number of ether oxygens (including phenoxy) is 3. The molecule has 0 bridgehead atoms. The van der Waals surface area contributed by atoms with Crippen molar-refractivity contribution in [2.75, 3.05) is 33.0 Å². The largest absolute Gasteiger partial charge is 0.870 e. The van der Waals surface area contributed by atoms with Gasteiger partial charge in [0.25, 0.3) is 0 Å². The summed E-state index contributed by atoms with van der Waals surface area (Å²) in [4.78, 5) is 17.8. The Kier molecular flexibility index (Phi) is 12.6. The molecule has 1 fully saturated rings. The fourth-order valence-electron chi connectivity index (χ4n) is 3.93. The number of esters is 1. The zero-order valence-electron chi connectivity index (χ0n) is 23.8. The van der Waals surface area contributed by atoms with E-state index in [1.165, 1.54) is 54.9 Å². The molecule has 15 heteroatoms. The van der Waals surface area contributed by atoms with Gasteiger partial charge in [0.1, 0.15) is 21.9 Å². The Balaban J connectivity index is 0.00000529. The van der Waals surface area contributed by atoms with E-state index < -0.39 is 28.8 Å². The first-order valence-corrected chi connectivity index (χ1v) is 15.7. The van der Waals surface area contributed by atoms with Crippen molar-refractivity contribution in [3.05, 3.63) is 81.6 Å². The molecule has 0 amide bonds. The van der Waals surface area contributed by atoms with Crippen molar-refractivity contribution in [2.45, 2.75) is 32.0 Å². The summed E-state index contributed by atoms with van der Waals surface area (Å²) in [5.41, 5.74) is 1.03. The molecule has 240 valence electrons. The number of carbonyl (C=O) groups is 1. The monoisotopic (exact) mass is 676 g/mol. The van der Waals surface area contributed by atoms with Crippen LogP contribution in [0.2, 0.25) is 10.0 Å². The molecule has 1 aliphatic carbocycles. The summed E-state index contributed by atoms with van der Waals surface area (Å²) < 4.78 is 72.0. The van der Waals surface area contributed by atoms with Crippen molar-refractivity contribution in [1.82, 2.24) is 4.90 Å². The van der Waals surface area contributed by atoms with Crippen LogP contribution in [0.3, 0.4) is 0 Å². The molecule has 3 aromatic rings. The number of benzene rings is 2. The van der Waals surface area contributed by atoms with Crippen LogP contribution in [0.15, 0.2) is 54.9 Å². The zero-order chi connectivity index (χ0) is 31.1. The molecule has 0 spiro atoms. The van der Waals surface area contributed by atoms with Crippen LogP contribution in [0, 0.1) is 5.92 Å². The van der Waals surface area contributed by atoms with Crippen LogP contribution < -0.4 is 18.6 Å². The van der Waals surface area contributed by atoms with Crippen molar-refractivity contribution < 1.29 is 50.8 Å². The van der Waals surface area contributed by atoms with Gasteiger partial charge in [0.15, 0.2) is 23.9 Å². The van der Waals surface area contributed by atoms with Crippen LogP contribution in [0.4, 0.5) is 8.78 Å². The number of hydrogen-bond donors (Lipinski definition) is 0. The van der Waals surface area contributed by atoms with E-state index >= 15 is 0 Å². The van der Waals surface area contributed by atoms with E-state index in [9.17, 15) is 22.0 Å². The molecular formula is C29H32Cl2F2N2O8S. The number of hydrogen-bond acceptors (Lipinski definition) is 9. The number of aromatic nitrogens is 1. The third-order valence-corrected chi connectivity index (χ3v) is 8.27. The SMILES string of the molecule is CN(C)CCS(=O)(=O)Oc1ccc(C(=O)O[C@@H](Cc2c(Cl)c[nH+]cc2Cl)c2ccc(OC(F)F)c(OCC3CC3)c2)cc1.[OH-]. The number of pyridine rings is 1. The lowest BCUT2D eigenvalue weighted by molar-refractivity contribution is -0.377. The Morgan fingerprint density at radius 1 is 1.05 bits per heavy atom. The highest BCUT2D eigenvalue weighted by molar-refractivity contribution is 7.87. The number of alkyl halides is 2. The summed E-state index contributed by atoms with van der Waals surface area (Å²) in [6.45, 7) is -2.45. The second kappa shape index (κ2) is 15.7. The molecule has 0 unspecified atom stereocenters. The molecule has 1 saturated carbocycles. The summed E-state index contributed by atoms with van der Waals surface area (Å²) in [6, 6.07) is 9.75. The standard InChI is InChI=1S/C29H30Cl2F2N2O7S.H2O/c1-35(2)11-12-43(37,38)42-21-8-5-19(6-9-21)28(36)40-26(14-22-23(30)15-34-16-24(22)31)20-7-10-25(41-29(32)33)27(13-20)39-17-18-3-4-18;/h5-10,13,15-16,18,26,29H,3-4,11-12,14,17H2,1-2H3;1H2/t26-;/m0./s1. The molecule has 4 rings (SSSR count). The smallest absolute Gasteiger partial charge is 0.387 e. The average molecular weight is 678 g/mol. The summed E-state index contributed by atoms with van der Waals surface area (Å²) in [5, 5.41) is 0.599. The number of halogens is 4. The Labute approximate surface area is 264 Å². The van der Waals surface area contributed by atoms with Gasteiger partial charge in [-0.1, -0.05) is 29.3 Å². The number of carbonyl (C=O) groups excluding carboxylic acids is 1. The van der Waals surface area contributed by atoms with Crippen molar-refractivity contribution in [3.8, 4) is 17.2 Å². The molecule has 44 heavy (non-hydrogen) atoms. The molecule has 1 heterocycles. The van der Waals surface area contributed by atoms with E-state index in [1.807, 2.05) is 0 Å². The van der Waals surface area contributed by atoms with Crippen LogP contribution in [-0.4, -0.2) is 64.4 Å². The minimum atomic E-state index is -3.84. The Hall–Kier alpha value is -3.23. The number of nitrogens with zero attached hydrogens (tertiary/aromatic N) is 1. The second-order valence-electron chi connectivity index (χ2n) is 10.2. The maximum atomic E-state index is 13.3. The first-order chi connectivity index (χ1) is 20.4. The Bertz CT molecular complexity index is 1500. The van der Waals surface area contributed by atoms with Gasteiger partial charge < -0.3 is 28.8 Å². The highest BCUT2D eigenvalue weighted by Gasteiger charge is 2.26. The lowest BCUT2D eigenvalue weighted by Crippen LogP contribution is -2.24. The quantitative estimate of drug-likeness (QED) is 0.152. The van der Waals surface area contributed by atoms with E-state index in [-0.39, 0.29) is 47.0 Å². The molecule has 2 aromatic carbocycles. The molecule has 1 aromatic heterocycles. The molecule has 1 atom stereocenters. The molecule has 0 saturated heterocycles. The minimum absolute atomic E-state index is 0. The van der Waals surface area contributed by atoms with Gasteiger partial charge in [-0.25, -0.2) is 9.78 Å². The number of rotatable bonds is 15. The highest BCUT2D eigenvalue weighted by atomic mass is 35.5. The van der Waals surface area contributed by atoms with Crippen LogP contribution >= 0.6 is 23.2 Å². The van der Waals surface area contributed by atoms with Crippen molar-refractivity contribution in [2.24, 2.45) is 5.92 Å². The predicted octanol–water partition coefficient (Wildman–Crippen LogP) is 5.43. The molecule has 10 nitrogen and oxygen atoms in total. The summed E-state index contributed by atoms with van der Waals surface area (Å²) in [5.74, 6) is -0.633. The van der Waals surface area contributed by atoms with Gasteiger partial charge in [0.05, 0.1) is 17.9 Å². The normalized spacial score (nSPS) is 13.7. The van der Waals surface area contributed by atoms with Crippen molar-refractivity contribution in [1.29, 1.82) is 0 Å². The van der Waals surface area contributed by atoms with Crippen LogP contribution in [0.25, 0.3) is 0 Å². The first-order valence-electron chi connectivity index (χ1n) is 13.3. The van der Waals surface area contributed by atoms with E-state index in [4.69, 9.17) is 36.9 Å². The molecule has 2 N–H and O–H groups in total. The van der Waals surface area contributed by atoms with Gasteiger partial charge in [-0.3, -0.25) is 0 Å². The fourth-order valence-corrected chi connectivity index (χ4v) is 5.54. The number of H-pyrrole nitrogens is 1. The average Bonchev–Trinajstić information content (AvgIpc) is 3.77. The maximum absolute atomic E-state index is 13.3. The lowest BCUT2D eigenvalue weighted by atomic mass is 10.0. The fraction of sp³-hybridized carbons (Fsp3) is 0.379. The van der Waals surface area contributed by atoms with Gasteiger partial charge in [-0.15, -0.1) is 0 Å². The van der Waals surface area contributed by atoms with Gasteiger partial charge in [-0.05, 0) is 74.8 Å². The van der Waals surface area contributed by atoms with E-state index in [0.29, 0.717) is 33.7 Å². The predicted molar refractivity (Wildman–Crippen MR) is 158 cm³/mol. The Morgan fingerprint density at radius 3 is 2.30 bits per heavy atom. The molecular weight excluding hydrogens is 645 g/mol. The second-order valence-corrected chi connectivity index (χ2v) is 12.7. The van der Waals surface area contributed by atoms with Crippen molar-refractivity contribution in [3.63, 3.8) is 0 Å². The van der Waals surface area contributed by atoms with E-state index in [1.54, 1.807) is 19.0 Å². The van der Waals surface area contributed by atoms with Gasteiger partial charge in [0.2, 0.25) is 0 Å². The maximum Gasteiger partial charge on any atom is 0.387 e. The summed E-state index contributed by atoms with van der Waals surface area (Å²) in [7, 11) is -0.347. The van der Waals surface area contributed by atoms with E-state index in [0.717, 1.165) is 12.8 Å². The van der Waals surface area contributed by atoms with Crippen LogP contribution in [0.5, 0.6) is 17.2 Å². The van der Waals surface area contributed by atoms with E-state index in [2.05, 4.69) is 9.72 Å². The molecule has 0 aliphatic heterocycles. The number of nitrogens with one attached hydrogen (secondary N) is 1. The third kappa shape index (κ3) is 10.4. The number of aromatic amines is 1. The summed E-state index contributed by atoms with van der Waals surface area (Å²) in [6.07, 6.45) is 4.09. The minimum Gasteiger partial charge on any atom is -0.870 e.